The minimum atomic E-state index is -2.98. The van der Waals surface area contributed by atoms with E-state index in [0.717, 1.165) is 25.7 Å². The molecular weight excluding hydrogens is 390 g/mol. The number of fused-ring (bicyclic) bond motifs is 1. The molecule has 28 heavy (non-hydrogen) atoms. The van der Waals surface area contributed by atoms with Crippen LogP contribution >= 0.6 is 11.6 Å². The number of nitrogens with zero attached hydrogens (tertiary/aromatic N) is 1. The first kappa shape index (κ1) is 20.7. The van der Waals surface area contributed by atoms with Crippen LogP contribution in [-0.4, -0.2) is 34.3 Å². The Balaban J connectivity index is 1.69. The van der Waals surface area contributed by atoms with Crippen LogP contribution in [-0.2, 0) is 0 Å². The van der Waals surface area contributed by atoms with Crippen molar-refractivity contribution in [3.8, 4) is 5.75 Å². The number of pyridine rings is 1. The van der Waals surface area contributed by atoms with E-state index in [1.54, 1.807) is 6.07 Å². The topological polar surface area (TPSA) is 71.5 Å². The van der Waals surface area contributed by atoms with E-state index >= 15 is 0 Å². The number of carbonyl (C=O) groups is 1. The minimum absolute atomic E-state index is 0.0188. The Kier molecular flexibility index (Phi) is 6.05. The fraction of sp³-hybridized carbons (Fsp3) is 0.500. The number of aliphatic hydroxyl groups is 1. The predicted molar refractivity (Wildman–Crippen MR) is 103 cm³/mol. The van der Waals surface area contributed by atoms with Gasteiger partial charge in [0.2, 0.25) is 0 Å². The van der Waals surface area contributed by atoms with Crippen LogP contribution in [0.2, 0.25) is 5.02 Å². The molecule has 0 radical (unpaired) electrons. The van der Waals surface area contributed by atoms with Crippen molar-refractivity contribution in [3.63, 3.8) is 0 Å². The molecule has 1 aromatic heterocycles. The Hall–Kier alpha value is -1.99. The fourth-order valence-electron chi connectivity index (χ4n) is 3.67. The van der Waals surface area contributed by atoms with Gasteiger partial charge in [-0.2, -0.15) is 8.78 Å². The van der Waals surface area contributed by atoms with E-state index < -0.39 is 12.2 Å². The van der Waals surface area contributed by atoms with Crippen molar-refractivity contribution in [1.82, 2.24) is 10.3 Å². The lowest BCUT2D eigenvalue weighted by Crippen LogP contribution is -2.41. The second-order valence-corrected chi connectivity index (χ2v) is 8.11. The Labute approximate surface area is 167 Å². The van der Waals surface area contributed by atoms with Crippen molar-refractivity contribution < 1.29 is 23.4 Å². The number of carbonyl (C=O) groups excluding carboxylic acids is 1. The molecule has 0 spiro atoms. The van der Waals surface area contributed by atoms with Gasteiger partial charge in [-0.1, -0.05) is 11.6 Å². The average molecular weight is 413 g/mol. The maximum absolute atomic E-state index is 12.6. The number of hydrogen-bond donors (Lipinski definition) is 2. The molecule has 0 bridgehead atoms. The highest BCUT2D eigenvalue weighted by molar-refractivity contribution is 6.36. The van der Waals surface area contributed by atoms with Gasteiger partial charge in [0.25, 0.3) is 5.91 Å². The van der Waals surface area contributed by atoms with Crippen molar-refractivity contribution in [2.45, 2.75) is 57.8 Å². The maximum atomic E-state index is 12.6. The third-order valence-electron chi connectivity index (χ3n) is 5.30. The van der Waals surface area contributed by atoms with E-state index in [9.17, 15) is 18.7 Å². The van der Waals surface area contributed by atoms with Gasteiger partial charge in [-0.3, -0.25) is 9.78 Å². The second kappa shape index (κ2) is 8.17. The number of aromatic nitrogens is 1. The molecule has 1 aliphatic carbocycles. The molecule has 1 aliphatic rings. The van der Waals surface area contributed by atoms with Crippen molar-refractivity contribution in [1.29, 1.82) is 0 Å². The molecule has 1 heterocycles. The summed E-state index contributed by atoms with van der Waals surface area (Å²) in [7, 11) is 0. The average Bonchev–Trinajstić information content (AvgIpc) is 2.63. The predicted octanol–water partition coefficient (Wildman–Crippen LogP) is 4.55. The van der Waals surface area contributed by atoms with E-state index in [0.29, 0.717) is 16.5 Å². The van der Waals surface area contributed by atoms with Crippen molar-refractivity contribution >= 4 is 28.4 Å². The number of hydrogen-bond acceptors (Lipinski definition) is 4. The third kappa shape index (κ3) is 4.70. The van der Waals surface area contributed by atoms with Crippen LogP contribution in [0.1, 0.15) is 49.9 Å². The van der Waals surface area contributed by atoms with Crippen LogP contribution in [0.25, 0.3) is 10.9 Å². The highest BCUT2D eigenvalue weighted by atomic mass is 35.5. The first-order valence-electron chi connectivity index (χ1n) is 9.21. The van der Waals surface area contributed by atoms with Crippen LogP contribution in [0, 0.1) is 5.92 Å². The summed E-state index contributed by atoms with van der Waals surface area (Å²) in [5.41, 5.74) is -0.0404. The molecule has 8 heteroatoms. The highest BCUT2D eigenvalue weighted by Crippen LogP contribution is 2.34. The minimum Gasteiger partial charge on any atom is -0.433 e. The number of amides is 1. The monoisotopic (exact) mass is 412 g/mol. The number of ether oxygens (including phenoxy) is 1. The molecule has 1 fully saturated rings. The van der Waals surface area contributed by atoms with Crippen LogP contribution in [0.4, 0.5) is 8.78 Å². The van der Waals surface area contributed by atoms with Crippen LogP contribution in [0.5, 0.6) is 5.75 Å². The van der Waals surface area contributed by atoms with E-state index in [2.05, 4.69) is 15.0 Å². The molecule has 3 rings (SSSR count). The first-order valence-corrected chi connectivity index (χ1v) is 9.59. The summed E-state index contributed by atoms with van der Waals surface area (Å²) >= 11 is 6.08. The third-order valence-corrected chi connectivity index (χ3v) is 5.66. The van der Waals surface area contributed by atoms with Crippen LogP contribution < -0.4 is 10.1 Å². The molecule has 1 aromatic carbocycles. The highest BCUT2D eigenvalue weighted by Gasteiger charge is 2.31. The Bertz CT molecular complexity index is 862. The Morgan fingerprint density at radius 3 is 2.61 bits per heavy atom. The summed E-state index contributed by atoms with van der Waals surface area (Å²) in [4.78, 5) is 16.7. The molecule has 0 unspecified atom stereocenters. The molecule has 0 atom stereocenters. The lowest BCUT2D eigenvalue weighted by Gasteiger charge is -2.36. The van der Waals surface area contributed by atoms with Crippen LogP contribution in [0.15, 0.2) is 24.4 Å². The zero-order valence-corrected chi connectivity index (χ0v) is 16.5. The van der Waals surface area contributed by atoms with Crippen molar-refractivity contribution in [2.24, 2.45) is 5.92 Å². The summed E-state index contributed by atoms with van der Waals surface area (Å²) in [6.07, 6.45) is 4.70. The van der Waals surface area contributed by atoms with E-state index in [4.69, 9.17) is 11.6 Å². The van der Waals surface area contributed by atoms with Gasteiger partial charge < -0.3 is 15.2 Å². The number of rotatable bonds is 5. The molecule has 152 valence electrons. The van der Waals surface area contributed by atoms with Crippen molar-refractivity contribution in [2.75, 3.05) is 0 Å². The molecule has 0 saturated heterocycles. The zero-order chi connectivity index (χ0) is 20.5. The molecule has 2 aromatic rings. The van der Waals surface area contributed by atoms with Gasteiger partial charge in [0.05, 0.1) is 16.7 Å². The maximum Gasteiger partial charge on any atom is 0.387 e. The van der Waals surface area contributed by atoms with E-state index in [-0.39, 0.29) is 28.6 Å². The Morgan fingerprint density at radius 1 is 1.32 bits per heavy atom. The zero-order valence-electron chi connectivity index (χ0n) is 15.7. The summed E-state index contributed by atoms with van der Waals surface area (Å²) in [6.45, 7) is 0.659. The number of alkyl halides is 2. The van der Waals surface area contributed by atoms with Gasteiger partial charge in [-0.25, -0.2) is 0 Å². The SMILES string of the molecule is CC(C)(O)C1CCC(NC(=O)c2cnc3c(Cl)c(OC(F)F)ccc3c2)CC1. The fourth-order valence-corrected chi connectivity index (χ4v) is 3.94. The quantitative estimate of drug-likeness (QED) is 0.755. The largest absolute Gasteiger partial charge is 0.433 e. The molecule has 1 amide bonds. The number of benzene rings is 1. The van der Waals surface area contributed by atoms with Crippen LogP contribution in [0.3, 0.4) is 0 Å². The first-order chi connectivity index (χ1) is 13.1. The molecular formula is C20H23ClF2N2O3. The van der Waals surface area contributed by atoms with E-state index in [1.165, 1.54) is 18.3 Å². The summed E-state index contributed by atoms with van der Waals surface area (Å²) in [6, 6.07) is 4.54. The molecule has 5 nitrogen and oxygen atoms in total. The van der Waals surface area contributed by atoms with Gasteiger partial charge in [0.15, 0.2) is 0 Å². The number of halogens is 3. The molecule has 2 N–H and O–H groups in total. The smallest absolute Gasteiger partial charge is 0.387 e. The lowest BCUT2D eigenvalue weighted by atomic mass is 9.77. The molecule has 1 saturated carbocycles. The summed E-state index contributed by atoms with van der Waals surface area (Å²) in [5, 5.41) is 13.7. The van der Waals surface area contributed by atoms with Crippen molar-refractivity contribution in [3.05, 3.63) is 35.0 Å². The summed E-state index contributed by atoms with van der Waals surface area (Å²) in [5.74, 6) is -0.169. The van der Waals surface area contributed by atoms with Gasteiger partial charge in [-0.15, -0.1) is 0 Å². The normalized spacial score (nSPS) is 20.4. The number of nitrogens with one attached hydrogen (secondary N) is 1. The standard InChI is InChI=1S/C20H23ClF2N2O3/c1-20(2,27)13-4-6-14(7-5-13)25-18(26)12-9-11-3-8-15(28-19(22)23)16(21)17(11)24-10-12/h3,8-10,13-14,19,27H,4-7H2,1-2H3,(H,25,26). The Morgan fingerprint density at radius 2 is 2.00 bits per heavy atom. The van der Waals surface area contributed by atoms with Gasteiger partial charge in [0, 0.05) is 17.6 Å². The van der Waals surface area contributed by atoms with Gasteiger partial charge in [0.1, 0.15) is 10.8 Å². The summed E-state index contributed by atoms with van der Waals surface area (Å²) < 4.78 is 29.2. The van der Waals surface area contributed by atoms with Gasteiger partial charge >= 0.3 is 6.61 Å². The van der Waals surface area contributed by atoms with Gasteiger partial charge in [-0.05, 0) is 63.6 Å². The molecule has 0 aliphatic heterocycles. The lowest BCUT2D eigenvalue weighted by molar-refractivity contribution is -0.0497. The second-order valence-electron chi connectivity index (χ2n) is 7.73. The van der Waals surface area contributed by atoms with E-state index in [1.807, 2.05) is 13.8 Å².